The van der Waals surface area contributed by atoms with Crippen molar-refractivity contribution in [2.24, 2.45) is 5.73 Å². The van der Waals surface area contributed by atoms with Crippen molar-refractivity contribution >= 4 is 23.3 Å². The molecular weight excluding hydrogens is 278 g/mol. The average Bonchev–Trinajstić information content (AvgIpc) is 2.41. The molecule has 20 heavy (non-hydrogen) atoms. The zero-order chi connectivity index (χ0) is 14.5. The van der Waals surface area contributed by atoms with Crippen molar-refractivity contribution in [3.63, 3.8) is 0 Å². The minimum absolute atomic E-state index is 0.176. The lowest BCUT2D eigenvalue weighted by Gasteiger charge is -2.12. The largest absolute Gasteiger partial charge is 0.508 e. The van der Waals surface area contributed by atoms with E-state index in [1.807, 2.05) is 0 Å². The maximum Gasteiger partial charge on any atom is 0.242 e. The van der Waals surface area contributed by atoms with Crippen LogP contribution in [-0.2, 0) is 11.2 Å². The Kier molecular flexibility index (Phi) is 4.55. The number of aromatic nitrogens is 1. The van der Waals surface area contributed by atoms with Crippen molar-refractivity contribution < 1.29 is 9.90 Å². The predicted molar refractivity (Wildman–Crippen MR) is 77.7 cm³/mol. The molecular formula is C14H14ClN3O2. The number of nitrogens with zero attached hydrogens (tertiary/aromatic N) is 1. The quantitative estimate of drug-likeness (QED) is 0.751. The molecule has 0 radical (unpaired) electrons. The molecule has 2 rings (SSSR count). The van der Waals surface area contributed by atoms with Crippen LogP contribution in [0.1, 0.15) is 5.56 Å². The molecule has 1 atom stereocenters. The highest BCUT2D eigenvalue weighted by Gasteiger charge is 2.14. The van der Waals surface area contributed by atoms with E-state index in [9.17, 15) is 9.90 Å². The number of phenols is 1. The van der Waals surface area contributed by atoms with Gasteiger partial charge in [-0.15, -0.1) is 0 Å². The number of hydrogen-bond donors (Lipinski definition) is 3. The third-order valence-corrected chi connectivity index (χ3v) is 2.91. The fraction of sp³-hybridized carbons (Fsp3) is 0.143. The SMILES string of the molecule is N[C@@H](Cc1ccc(O)cc1)C(=O)Nc1cccc(Cl)n1. The number of carbonyl (C=O) groups is 1. The van der Waals surface area contributed by atoms with E-state index in [0.29, 0.717) is 17.4 Å². The number of rotatable bonds is 4. The lowest BCUT2D eigenvalue weighted by atomic mass is 10.1. The minimum atomic E-state index is -0.708. The van der Waals surface area contributed by atoms with E-state index in [1.54, 1.807) is 42.5 Å². The molecule has 1 aromatic carbocycles. The summed E-state index contributed by atoms with van der Waals surface area (Å²) in [5, 5.41) is 12.1. The molecule has 0 fully saturated rings. The first-order chi connectivity index (χ1) is 9.54. The van der Waals surface area contributed by atoms with Gasteiger partial charge in [0.15, 0.2) is 0 Å². The van der Waals surface area contributed by atoms with E-state index in [4.69, 9.17) is 17.3 Å². The number of hydrogen-bond acceptors (Lipinski definition) is 4. The Balaban J connectivity index is 1.96. The van der Waals surface area contributed by atoms with Gasteiger partial charge in [0.2, 0.25) is 5.91 Å². The Morgan fingerprint density at radius 1 is 1.30 bits per heavy atom. The fourth-order valence-electron chi connectivity index (χ4n) is 1.68. The Bertz CT molecular complexity index is 602. The van der Waals surface area contributed by atoms with Gasteiger partial charge in [-0.05, 0) is 36.2 Å². The van der Waals surface area contributed by atoms with Gasteiger partial charge < -0.3 is 16.2 Å². The van der Waals surface area contributed by atoms with Gasteiger partial charge in [0, 0.05) is 0 Å². The standard InChI is InChI=1S/C14H14ClN3O2/c15-12-2-1-3-13(17-12)18-14(20)11(16)8-9-4-6-10(19)7-5-9/h1-7,11,19H,8,16H2,(H,17,18,20)/t11-/m0/s1. The van der Waals surface area contributed by atoms with E-state index in [2.05, 4.69) is 10.3 Å². The van der Waals surface area contributed by atoms with Crippen molar-refractivity contribution in [1.29, 1.82) is 0 Å². The zero-order valence-corrected chi connectivity index (χ0v) is 11.3. The van der Waals surface area contributed by atoms with Crippen molar-refractivity contribution in [3.8, 4) is 5.75 Å². The summed E-state index contributed by atoms with van der Waals surface area (Å²) in [5.41, 5.74) is 6.70. The number of carbonyl (C=O) groups excluding carboxylic acids is 1. The summed E-state index contributed by atoms with van der Waals surface area (Å²) in [4.78, 5) is 15.9. The van der Waals surface area contributed by atoms with Gasteiger partial charge in [-0.25, -0.2) is 4.98 Å². The molecule has 1 amide bonds. The monoisotopic (exact) mass is 291 g/mol. The van der Waals surface area contributed by atoms with Gasteiger partial charge in [-0.3, -0.25) is 4.79 Å². The van der Waals surface area contributed by atoms with Crippen LogP contribution >= 0.6 is 11.6 Å². The number of nitrogens with one attached hydrogen (secondary N) is 1. The van der Waals surface area contributed by atoms with Crippen molar-refractivity contribution in [1.82, 2.24) is 4.98 Å². The number of halogens is 1. The van der Waals surface area contributed by atoms with Crippen LogP contribution in [0.2, 0.25) is 5.15 Å². The lowest BCUT2D eigenvalue weighted by molar-refractivity contribution is -0.117. The van der Waals surface area contributed by atoms with E-state index >= 15 is 0 Å². The molecule has 0 aliphatic rings. The van der Waals surface area contributed by atoms with Crippen LogP contribution in [-0.4, -0.2) is 22.0 Å². The summed E-state index contributed by atoms with van der Waals surface area (Å²) in [7, 11) is 0. The van der Waals surface area contributed by atoms with E-state index in [-0.39, 0.29) is 11.7 Å². The number of amides is 1. The van der Waals surface area contributed by atoms with Crippen LogP contribution in [0.15, 0.2) is 42.5 Å². The van der Waals surface area contributed by atoms with Gasteiger partial charge in [-0.2, -0.15) is 0 Å². The number of anilines is 1. The number of phenolic OH excluding ortho intramolecular Hbond substituents is 1. The van der Waals surface area contributed by atoms with Crippen LogP contribution < -0.4 is 11.1 Å². The molecule has 0 saturated heterocycles. The Hall–Kier alpha value is -2.11. The smallest absolute Gasteiger partial charge is 0.242 e. The summed E-state index contributed by atoms with van der Waals surface area (Å²) in [6, 6.07) is 10.8. The minimum Gasteiger partial charge on any atom is -0.508 e. The second-order valence-electron chi connectivity index (χ2n) is 4.31. The molecule has 0 saturated carbocycles. The molecule has 0 unspecified atom stereocenters. The van der Waals surface area contributed by atoms with E-state index in [1.165, 1.54) is 0 Å². The molecule has 1 aromatic heterocycles. The number of pyridine rings is 1. The molecule has 0 aliphatic heterocycles. The Labute approximate surface area is 121 Å². The number of nitrogens with two attached hydrogens (primary N) is 1. The second kappa shape index (κ2) is 6.36. The zero-order valence-electron chi connectivity index (χ0n) is 10.6. The fourth-order valence-corrected chi connectivity index (χ4v) is 1.84. The second-order valence-corrected chi connectivity index (χ2v) is 4.70. The summed E-state index contributed by atoms with van der Waals surface area (Å²) in [6.45, 7) is 0. The van der Waals surface area contributed by atoms with Gasteiger partial charge in [0.1, 0.15) is 16.7 Å². The molecule has 0 spiro atoms. The molecule has 1 heterocycles. The molecule has 0 aliphatic carbocycles. The van der Waals surface area contributed by atoms with Crippen LogP contribution in [0.3, 0.4) is 0 Å². The average molecular weight is 292 g/mol. The number of aromatic hydroxyl groups is 1. The summed E-state index contributed by atoms with van der Waals surface area (Å²) >= 11 is 5.74. The highest BCUT2D eigenvalue weighted by Crippen LogP contribution is 2.12. The van der Waals surface area contributed by atoms with Gasteiger partial charge in [0.05, 0.1) is 6.04 Å². The van der Waals surface area contributed by atoms with Crippen molar-refractivity contribution in [2.75, 3.05) is 5.32 Å². The first kappa shape index (κ1) is 14.3. The lowest BCUT2D eigenvalue weighted by Crippen LogP contribution is -2.37. The summed E-state index contributed by atoms with van der Waals surface area (Å²) in [5.74, 6) is 0.200. The van der Waals surface area contributed by atoms with Crippen molar-refractivity contribution in [3.05, 3.63) is 53.2 Å². The van der Waals surface area contributed by atoms with Crippen LogP contribution in [0.25, 0.3) is 0 Å². The third kappa shape index (κ3) is 3.94. The molecule has 6 heteroatoms. The molecule has 104 valence electrons. The summed E-state index contributed by atoms with van der Waals surface area (Å²) < 4.78 is 0. The summed E-state index contributed by atoms with van der Waals surface area (Å²) in [6.07, 6.45) is 0.368. The first-order valence-corrected chi connectivity index (χ1v) is 6.39. The van der Waals surface area contributed by atoms with Gasteiger partial charge in [-0.1, -0.05) is 29.8 Å². The molecule has 5 nitrogen and oxygen atoms in total. The maximum atomic E-state index is 11.9. The van der Waals surface area contributed by atoms with E-state index in [0.717, 1.165) is 5.56 Å². The number of benzene rings is 1. The first-order valence-electron chi connectivity index (χ1n) is 6.01. The maximum absolute atomic E-state index is 11.9. The molecule has 2 aromatic rings. The molecule has 4 N–H and O–H groups in total. The van der Waals surface area contributed by atoms with Crippen LogP contribution in [0, 0.1) is 0 Å². The third-order valence-electron chi connectivity index (χ3n) is 2.70. The predicted octanol–water partition coefficient (Wildman–Crippen LogP) is 1.95. The highest BCUT2D eigenvalue weighted by molar-refractivity contribution is 6.29. The van der Waals surface area contributed by atoms with E-state index < -0.39 is 6.04 Å². The normalized spacial score (nSPS) is 11.9. The van der Waals surface area contributed by atoms with Gasteiger partial charge >= 0.3 is 0 Å². The Morgan fingerprint density at radius 2 is 2.00 bits per heavy atom. The van der Waals surface area contributed by atoms with Crippen LogP contribution in [0.4, 0.5) is 5.82 Å². The topological polar surface area (TPSA) is 88.2 Å². The highest BCUT2D eigenvalue weighted by atomic mass is 35.5. The molecule has 0 bridgehead atoms. The van der Waals surface area contributed by atoms with Crippen LogP contribution in [0.5, 0.6) is 5.75 Å². The van der Waals surface area contributed by atoms with Crippen molar-refractivity contribution in [2.45, 2.75) is 12.5 Å². The Morgan fingerprint density at radius 3 is 2.65 bits per heavy atom. The van der Waals surface area contributed by atoms with Gasteiger partial charge in [0.25, 0.3) is 0 Å².